The highest BCUT2D eigenvalue weighted by atomic mass is 16.5. The maximum atomic E-state index is 9.06. The van der Waals surface area contributed by atoms with Gasteiger partial charge in [0.15, 0.2) is 5.76 Å². The molecule has 112 valence electrons. The van der Waals surface area contributed by atoms with E-state index in [1.165, 1.54) is 0 Å². The summed E-state index contributed by atoms with van der Waals surface area (Å²) >= 11 is 0. The minimum atomic E-state index is -0.160. The van der Waals surface area contributed by atoms with Gasteiger partial charge in [-0.25, -0.2) is 0 Å². The third-order valence-corrected chi connectivity index (χ3v) is 3.05. The Kier molecular flexibility index (Phi) is 5.06. The third kappa shape index (κ3) is 3.47. The van der Waals surface area contributed by atoms with Gasteiger partial charge in [-0.15, -0.1) is 0 Å². The van der Waals surface area contributed by atoms with Crippen molar-refractivity contribution in [2.45, 2.75) is 46.1 Å². The average Bonchev–Trinajstić information content (AvgIpc) is 3.06. The molecule has 2 rings (SSSR count). The first-order chi connectivity index (χ1) is 10.2. The van der Waals surface area contributed by atoms with Crippen molar-refractivity contribution in [3.8, 4) is 6.07 Å². The quantitative estimate of drug-likeness (QED) is 0.773. The van der Waals surface area contributed by atoms with E-state index < -0.39 is 0 Å². The highest BCUT2D eigenvalue weighted by molar-refractivity contribution is 5.36. The number of aromatic nitrogens is 3. The van der Waals surface area contributed by atoms with Crippen molar-refractivity contribution in [1.29, 1.82) is 5.26 Å². The normalized spacial score (nSPS) is 12.3. The fraction of sp³-hybridized carbons (Fsp3) is 0.571. The highest BCUT2D eigenvalue weighted by Crippen LogP contribution is 2.21. The van der Waals surface area contributed by atoms with Crippen molar-refractivity contribution in [3.05, 3.63) is 28.7 Å². The van der Waals surface area contributed by atoms with Crippen molar-refractivity contribution in [2.75, 3.05) is 6.61 Å². The van der Waals surface area contributed by atoms with Crippen molar-refractivity contribution in [1.82, 2.24) is 15.3 Å². The molecule has 0 aliphatic rings. The first kappa shape index (κ1) is 15.2. The molecule has 0 radical (unpaired) electrons. The van der Waals surface area contributed by atoms with Crippen LogP contribution in [0.4, 0.5) is 0 Å². The molecular weight excluding hydrogens is 272 g/mol. The topological polar surface area (TPSA) is 98.0 Å². The molecule has 0 spiro atoms. The number of hydrogen-bond donors (Lipinski definition) is 0. The lowest BCUT2D eigenvalue weighted by Crippen LogP contribution is -2.06. The molecule has 2 heterocycles. The second kappa shape index (κ2) is 6.99. The Morgan fingerprint density at radius 1 is 1.29 bits per heavy atom. The molecular formula is C14H18N4O3. The van der Waals surface area contributed by atoms with Crippen LogP contribution < -0.4 is 0 Å². The number of nitriles is 1. The lowest BCUT2D eigenvalue weighted by Gasteiger charge is -2.11. The molecule has 1 unspecified atom stereocenters. The summed E-state index contributed by atoms with van der Waals surface area (Å²) in [6.45, 7) is 6.29. The van der Waals surface area contributed by atoms with Crippen molar-refractivity contribution < 1.29 is 13.8 Å². The molecule has 0 saturated carbocycles. The molecule has 0 fully saturated rings. The summed E-state index contributed by atoms with van der Waals surface area (Å²) in [5.41, 5.74) is 0.929. The fourth-order valence-corrected chi connectivity index (χ4v) is 2.05. The monoisotopic (exact) mass is 290 g/mol. The second-order valence-corrected chi connectivity index (χ2v) is 4.63. The van der Waals surface area contributed by atoms with Crippen LogP contribution in [-0.4, -0.2) is 21.9 Å². The molecule has 0 amide bonds. The van der Waals surface area contributed by atoms with E-state index in [0.29, 0.717) is 35.3 Å². The van der Waals surface area contributed by atoms with Crippen molar-refractivity contribution >= 4 is 0 Å². The van der Waals surface area contributed by atoms with Gasteiger partial charge in [-0.2, -0.15) is 10.2 Å². The first-order valence-electron chi connectivity index (χ1n) is 6.98. The maximum Gasteiger partial charge on any atom is 0.232 e. The van der Waals surface area contributed by atoms with Gasteiger partial charge in [-0.1, -0.05) is 23.7 Å². The summed E-state index contributed by atoms with van der Waals surface area (Å²) in [4.78, 5) is 4.33. The number of nitrogens with zero attached hydrogens (tertiary/aromatic N) is 4. The van der Waals surface area contributed by atoms with E-state index in [9.17, 15) is 0 Å². The summed E-state index contributed by atoms with van der Waals surface area (Å²) < 4.78 is 15.8. The smallest absolute Gasteiger partial charge is 0.232 e. The third-order valence-electron chi connectivity index (χ3n) is 3.05. The minimum Gasteiger partial charge on any atom is -0.370 e. The molecule has 0 bridgehead atoms. The number of hydrogen-bond acceptors (Lipinski definition) is 7. The second-order valence-electron chi connectivity index (χ2n) is 4.63. The SMILES string of the molecule is CCCC(OCC)c1noc(Cc2noc(C)c2C#N)n1. The van der Waals surface area contributed by atoms with E-state index in [2.05, 4.69) is 28.3 Å². The zero-order valence-corrected chi connectivity index (χ0v) is 12.4. The molecule has 2 aromatic rings. The van der Waals surface area contributed by atoms with Crippen LogP contribution in [0.5, 0.6) is 0 Å². The lowest BCUT2D eigenvalue weighted by atomic mass is 10.1. The van der Waals surface area contributed by atoms with Gasteiger partial charge in [0.25, 0.3) is 0 Å². The molecule has 1 atom stereocenters. The van der Waals surface area contributed by atoms with Crippen LogP contribution in [0.2, 0.25) is 0 Å². The standard InChI is InChI=1S/C14H18N4O3/c1-4-6-12(19-5-2)14-16-13(21-18-14)7-11-10(8-15)9(3)20-17-11/h12H,4-7H2,1-3H3. The Balaban J connectivity index is 2.14. The van der Waals surface area contributed by atoms with E-state index in [1.54, 1.807) is 6.92 Å². The predicted molar refractivity (Wildman–Crippen MR) is 72.3 cm³/mol. The molecule has 0 aromatic carbocycles. The minimum absolute atomic E-state index is 0.160. The Labute approximate surface area is 122 Å². The van der Waals surface area contributed by atoms with Gasteiger partial charge in [0.2, 0.25) is 11.7 Å². The molecule has 7 heteroatoms. The molecule has 0 saturated heterocycles. The van der Waals surface area contributed by atoms with Gasteiger partial charge in [0.1, 0.15) is 23.4 Å². The van der Waals surface area contributed by atoms with Gasteiger partial charge in [0.05, 0.1) is 6.42 Å². The Bertz CT molecular complexity index is 620. The molecule has 0 N–H and O–H groups in total. The highest BCUT2D eigenvalue weighted by Gasteiger charge is 2.20. The zero-order valence-electron chi connectivity index (χ0n) is 12.4. The average molecular weight is 290 g/mol. The molecule has 0 aliphatic carbocycles. The van der Waals surface area contributed by atoms with Crippen LogP contribution in [0.3, 0.4) is 0 Å². The summed E-state index contributed by atoms with van der Waals surface area (Å²) in [5, 5.41) is 16.9. The Morgan fingerprint density at radius 2 is 2.10 bits per heavy atom. The zero-order chi connectivity index (χ0) is 15.2. The van der Waals surface area contributed by atoms with Crippen molar-refractivity contribution in [2.24, 2.45) is 0 Å². The lowest BCUT2D eigenvalue weighted by molar-refractivity contribution is 0.0478. The van der Waals surface area contributed by atoms with Crippen LogP contribution in [0.15, 0.2) is 9.05 Å². The van der Waals surface area contributed by atoms with E-state index in [0.717, 1.165) is 12.8 Å². The number of rotatable bonds is 7. The van der Waals surface area contributed by atoms with E-state index >= 15 is 0 Å². The Morgan fingerprint density at radius 3 is 2.76 bits per heavy atom. The summed E-state index contributed by atoms with van der Waals surface area (Å²) in [6.07, 6.45) is 1.92. The van der Waals surface area contributed by atoms with E-state index in [-0.39, 0.29) is 12.5 Å². The van der Waals surface area contributed by atoms with Gasteiger partial charge in [0, 0.05) is 6.61 Å². The van der Waals surface area contributed by atoms with E-state index in [4.69, 9.17) is 19.0 Å². The van der Waals surface area contributed by atoms with Crippen LogP contribution in [0, 0.1) is 18.3 Å². The van der Waals surface area contributed by atoms with Crippen LogP contribution >= 0.6 is 0 Å². The summed E-state index contributed by atoms with van der Waals surface area (Å²) in [7, 11) is 0. The molecule has 2 aromatic heterocycles. The first-order valence-corrected chi connectivity index (χ1v) is 6.98. The number of aryl methyl sites for hydroxylation is 1. The molecule has 21 heavy (non-hydrogen) atoms. The molecule has 7 nitrogen and oxygen atoms in total. The summed E-state index contributed by atoms with van der Waals surface area (Å²) in [5.74, 6) is 1.42. The summed E-state index contributed by atoms with van der Waals surface area (Å²) in [6, 6.07) is 2.06. The van der Waals surface area contributed by atoms with E-state index in [1.807, 2.05) is 6.92 Å². The van der Waals surface area contributed by atoms with Crippen molar-refractivity contribution in [3.63, 3.8) is 0 Å². The van der Waals surface area contributed by atoms with Crippen LogP contribution in [0.1, 0.15) is 61.5 Å². The molecule has 0 aliphatic heterocycles. The predicted octanol–water partition coefficient (Wildman–Crippen LogP) is 2.71. The number of ether oxygens (including phenoxy) is 1. The van der Waals surface area contributed by atoms with Crippen LogP contribution in [-0.2, 0) is 11.2 Å². The maximum absolute atomic E-state index is 9.06. The van der Waals surface area contributed by atoms with Crippen LogP contribution in [0.25, 0.3) is 0 Å². The van der Waals surface area contributed by atoms with Gasteiger partial charge < -0.3 is 13.8 Å². The van der Waals surface area contributed by atoms with Gasteiger partial charge >= 0.3 is 0 Å². The largest absolute Gasteiger partial charge is 0.370 e. The van der Waals surface area contributed by atoms with Gasteiger partial charge in [-0.3, -0.25) is 0 Å². The van der Waals surface area contributed by atoms with Gasteiger partial charge in [-0.05, 0) is 20.3 Å². The Hall–Kier alpha value is -2.20. The fourth-order valence-electron chi connectivity index (χ4n) is 2.05.